The number of carbonyl (C=O) groups excluding carboxylic acids is 1. The molecule has 4 nitrogen and oxygen atoms in total. The van der Waals surface area contributed by atoms with E-state index < -0.39 is 0 Å². The van der Waals surface area contributed by atoms with Gasteiger partial charge in [0.25, 0.3) is 0 Å². The number of para-hydroxylation sites is 2. The van der Waals surface area contributed by atoms with E-state index in [9.17, 15) is 4.79 Å². The molecule has 1 aliphatic carbocycles. The van der Waals surface area contributed by atoms with Gasteiger partial charge in [0.05, 0.1) is 17.0 Å². The zero-order valence-electron chi connectivity index (χ0n) is 9.64. The van der Waals surface area contributed by atoms with Gasteiger partial charge < -0.3 is 9.72 Å². The number of esters is 1. The van der Waals surface area contributed by atoms with Crippen LogP contribution in [-0.2, 0) is 16.1 Å². The van der Waals surface area contributed by atoms with Gasteiger partial charge in [-0.2, -0.15) is 0 Å². The van der Waals surface area contributed by atoms with Crippen molar-refractivity contribution < 1.29 is 9.53 Å². The van der Waals surface area contributed by atoms with Gasteiger partial charge in [-0.15, -0.1) is 0 Å². The van der Waals surface area contributed by atoms with E-state index in [1.807, 2.05) is 24.3 Å². The molecule has 0 saturated heterocycles. The lowest BCUT2D eigenvalue weighted by Crippen LogP contribution is -2.08. The van der Waals surface area contributed by atoms with Gasteiger partial charge in [0, 0.05) is 0 Å². The lowest BCUT2D eigenvalue weighted by molar-refractivity contribution is -0.147. The Hall–Kier alpha value is -1.84. The van der Waals surface area contributed by atoms with E-state index in [1.165, 1.54) is 0 Å². The van der Waals surface area contributed by atoms with Crippen LogP contribution in [0, 0.1) is 11.8 Å². The third-order valence-corrected chi connectivity index (χ3v) is 3.20. The number of hydrogen-bond donors (Lipinski definition) is 1. The van der Waals surface area contributed by atoms with Crippen molar-refractivity contribution in [1.82, 2.24) is 9.97 Å². The van der Waals surface area contributed by atoms with Gasteiger partial charge in [-0.3, -0.25) is 4.79 Å². The Kier molecular flexibility index (Phi) is 2.35. The molecule has 0 unspecified atom stereocenters. The number of hydrogen-bond acceptors (Lipinski definition) is 3. The first-order valence-corrected chi connectivity index (χ1v) is 5.84. The normalized spacial score (nSPS) is 22.6. The predicted molar refractivity (Wildman–Crippen MR) is 63.2 cm³/mol. The smallest absolute Gasteiger partial charge is 0.309 e. The third kappa shape index (κ3) is 2.02. The minimum absolute atomic E-state index is 0.0991. The van der Waals surface area contributed by atoms with Crippen LogP contribution in [0.15, 0.2) is 24.3 Å². The maximum atomic E-state index is 11.5. The highest BCUT2D eigenvalue weighted by Gasteiger charge is 2.40. The van der Waals surface area contributed by atoms with Gasteiger partial charge in [-0.25, -0.2) is 4.98 Å². The van der Waals surface area contributed by atoms with Gasteiger partial charge in [0.1, 0.15) is 12.4 Å². The predicted octanol–water partition coefficient (Wildman–Crippen LogP) is 2.26. The molecule has 3 rings (SSSR count). The Balaban J connectivity index is 1.66. The summed E-state index contributed by atoms with van der Waals surface area (Å²) in [4.78, 5) is 19.0. The average molecular weight is 230 g/mol. The first kappa shape index (κ1) is 10.3. The fraction of sp³-hybridized carbons (Fsp3) is 0.385. The summed E-state index contributed by atoms with van der Waals surface area (Å²) in [6.45, 7) is 2.30. The molecule has 1 aromatic carbocycles. The molecule has 17 heavy (non-hydrogen) atoms. The van der Waals surface area contributed by atoms with Crippen molar-refractivity contribution in [3.05, 3.63) is 30.1 Å². The number of ether oxygens (including phenoxy) is 1. The third-order valence-electron chi connectivity index (χ3n) is 3.20. The highest BCUT2D eigenvalue weighted by Crippen LogP contribution is 2.38. The number of rotatable bonds is 3. The van der Waals surface area contributed by atoms with Gasteiger partial charge >= 0.3 is 5.97 Å². The number of aromatic nitrogens is 2. The number of benzene rings is 1. The quantitative estimate of drug-likeness (QED) is 0.823. The Morgan fingerprint density at radius 3 is 3.00 bits per heavy atom. The maximum Gasteiger partial charge on any atom is 0.309 e. The first-order valence-electron chi connectivity index (χ1n) is 5.84. The second kappa shape index (κ2) is 3.87. The molecule has 1 aliphatic rings. The van der Waals surface area contributed by atoms with Crippen LogP contribution >= 0.6 is 0 Å². The number of nitrogens with zero attached hydrogens (tertiary/aromatic N) is 1. The fourth-order valence-corrected chi connectivity index (χ4v) is 1.97. The van der Waals surface area contributed by atoms with Gasteiger partial charge in [-0.1, -0.05) is 19.1 Å². The summed E-state index contributed by atoms with van der Waals surface area (Å²) in [5.41, 5.74) is 1.87. The Bertz CT molecular complexity index is 528. The lowest BCUT2D eigenvalue weighted by Gasteiger charge is -2.00. The minimum Gasteiger partial charge on any atom is -0.457 e. The van der Waals surface area contributed by atoms with E-state index >= 15 is 0 Å². The van der Waals surface area contributed by atoms with Gasteiger partial charge in [0.15, 0.2) is 0 Å². The summed E-state index contributed by atoms with van der Waals surface area (Å²) >= 11 is 0. The van der Waals surface area contributed by atoms with Crippen molar-refractivity contribution in [2.75, 3.05) is 0 Å². The Morgan fingerprint density at radius 2 is 2.29 bits per heavy atom. The second-order valence-electron chi connectivity index (χ2n) is 4.63. The van der Waals surface area contributed by atoms with Crippen molar-refractivity contribution in [3.8, 4) is 0 Å². The molecule has 1 heterocycles. The number of H-pyrrole nitrogens is 1. The zero-order chi connectivity index (χ0) is 11.8. The van der Waals surface area contributed by atoms with E-state index in [2.05, 4.69) is 16.9 Å². The van der Waals surface area contributed by atoms with Crippen molar-refractivity contribution >= 4 is 17.0 Å². The molecule has 1 N–H and O–H groups in total. The molecule has 0 spiro atoms. The molecule has 88 valence electrons. The molecule has 2 atom stereocenters. The number of imidazole rings is 1. The largest absolute Gasteiger partial charge is 0.457 e. The molecule has 0 radical (unpaired) electrons. The SMILES string of the molecule is C[C@H]1C[C@H]1C(=O)OCc1nc2ccccc2[nH]1. The van der Waals surface area contributed by atoms with Crippen LogP contribution in [-0.4, -0.2) is 15.9 Å². The van der Waals surface area contributed by atoms with Crippen molar-refractivity contribution in [1.29, 1.82) is 0 Å². The summed E-state index contributed by atoms with van der Waals surface area (Å²) in [7, 11) is 0. The number of carbonyl (C=O) groups is 1. The van der Waals surface area contributed by atoms with Crippen LogP contribution in [0.1, 0.15) is 19.2 Å². The molecule has 0 amide bonds. The maximum absolute atomic E-state index is 11.5. The topological polar surface area (TPSA) is 55.0 Å². The standard InChI is InChI=1S/C13H14N2O2/c1-8-6-9(8)13(16)17-7-12-14-10-4-2-3-5-11(10)15-12/h2-5,8-9H,6-7H2,1H3,(H,14,15)/t8-,9+/m0/s1. The number of fused-ring (bicyclic) bond motifs is 1. The monoisotopic (exact) mass is 230 g/mol. The number of aromatic amines is 1. The fourth-order valence-electron chi connectivity index (χ4n) is 1.97. The molecular weight excluding hydrogens is 216 g/mol. The Labute approximate surface area is 99.0 Å². The molecular formula is C13H14N2O2. The molecule has 1 aromatic heterocycles. The molecule has 0 bridgehead atoms. The van der Waals surface area contributed by atoms with Gasteiger partial charge in [0.2, 0.25) is 0 Å². The Morgan fingerprint density at radius 1 is 1.53 bits per heavy atom. The van der Waals surface area contributed by atoms with Crippen molar-refractivity contribution in [3.63, 3.8) is 0 Å². The van der Waals surface area contributed by atoms with E-state index in [1.54, 1.807) is 0 Å². The summed E-state index contributed by atoms with van der Waals surface area (Å²) in [5, 5.41) is 0. The molecule has 0 aliphatic heterocycles. The lowest BCUT2D eigenvalue weighted by atomic mass is 10.3. The molecule has 2 aromatic rings. The van der Waals surface area contributed by atoms with Crippen LogP contribution in [0.25, 0.3) is 11.0 Å². The van der Waals surface area contributed by atoms with Crippen LogP contribution in [0.2, 0.25) is 0 Å². The molecule has 1 fully saturated rings. The highest BCUT2D eigenvalue weighted by molar-refractivity contribution is 5.76. The van der Waals surface area contributed by atoms with E-state index in [4.69, 9.17) is 4.74 Å². The summed E-state index contributed by atoms with van der Waals surface area (Å²) in [5.74, 6) is 1.20. The number of nitrogens with one attached hydrogen (secondary N) is 1. The van der Waals surface area contributed by atoms with E-state index in [0.717, 1.165) is 17.5 Å². The van der Waals surface area contributed by atoms with E-state index in [0.29, 0.717) is 11.7 Å². The summed E-state index contributed by atoms with van der Waals surface area (Å²) < 4.78 is 5.22. The van der Waals surface area contributed by atoms with E-state index in [-0.39, 0.29) is 18.5 Å². The van der Waals surface area contributed by atoms with Crippen LogP contribution < -0.4 is 0 Å². The van der Waals surface area contributed by atoms with Crippen LogP contribution in [0.5, 0.6) is 0 Å². The zero-order valence-corrected chi connectivity index (χ0v) is 9.64. The molecule has 4 heteroatoms. The van der Waals surface area contributed by atoms with Crippen molar-refractivity contribution in [2.24, 2.45) is 11.8 Å². The first-order chi connectivity index (χ1) is 8.24. The second-order valence-corrected chi connectivity index (χ2v) is 4.63. The summed E-state index contributed by atoms with van der Waals surface area (Å²) in [6.07, 6.45) is 0.957. The van der Waals surface area contributed by atoms with Crippen LogP contribution in [0.4, 0.5) is 0 Å². The summed E-state index contributed by atoms with van der Waals surface area (Å²) in [6, 6.07) is 7.77. The molecule has 1 saturated carbocycles. The highest BCUT2D eigenvalue weighted by atomic mass is 16.5. The minimum atomic E-state index is -0.0991. The van der Waals surface area contributed by atoms with Crippen molar-refractivity contribution in [2.45, 2.75) is 20.0 Å². The van der Waals surface area contributed by atoms with Gasteiger partial charge in [-0.05, 0) is 24.5 Å². The van der Waals surface area contributed by atoms with Crippen LogP contribution in [0.3, 0.4) is 0 Å². The average Bonchev–Trinajstić information content (AvgIpc) is 2.92.